The van der Waals surface area contributed by atoms with Crippen LogP contribution in [0.4, 0.5) is 5.69 Å². The molecule has 0 spiro atoms. The van der Waals surface area contributed by atoms with E-state index in [1.807, 2.05) is 24.4 Å². The van der Waals surface area contributed by atoms with Crippen molar-refractivity contribution in [1.29, 1.82) is 0 Å². The molecule has 4 heteroatoms. The Morgan fingerprint density at radius 3 is 2.76 bits per heavy atom. The SMILES string of the molecule is Cc1cccc(NCc2nc(-c3cccs3)oc2C)c1C. The van der Waals surface area contributed by atoms with Gasteiger partial charge >= 0.3 is 0 Å². The van der Waals surface area contributed by atoms with Crippen molar-refractivity contribution in [2.45, 2.75) is 27.3 Å². The van der Waals surface area contributed by atoms with E-state index in [4.69, 9.17) is 4.42 Å². The second kappa shape index (κ2) is 5.74. The molecule has 0 fully saturated rings. The van der Waals surface area contributed by atoms with Gasteiger partial charge in [0.15, 0.2) is 0 Å². The predicted octanol–water partition coefficient (Wildman–Crippen LogP) is 4.94. The molecule has 2 heterocycles. The molecule has 0 aliphatic heterocycles. The Hall–Kier alpha value is -2.07. The Kier molecular flexibility index (Phi) is 3.80. The van der Waals surface area contributed by atoms with Gasteiger partial charge in [-0.15, -0.1) is 11.3 Å². The van der Waals surface area contributed by atoms with E-state index in [9.17, 15) is 0 Å². The van der Waals surface area contributed by atoms with Crippen LogP contribution < -0.4 is 5.32 Å². The minimum absolute atomic E-state index is 0.672. The molecule has 3 nitrogen and oxygen atoms in total. The van der Waals surface area contributed by atoms with Crippen molar-refractivity contribution >= 4 is 17.0 Å². The molecular formula is C17H18N2OS. The van der Waals surface area contributed by atoms with Crippen molar-refractivity contribution in [3.05, 3.63) is 58.3 Å². The van der Waals surface area contributed by atoms with Gasteiger partial charge in [-0.3, -0.25) is 0 Å². The van der Waals surface area contributed by atoms with Gasteiger partial charge < -0.3 is 9.73 Å². The van der Waals surface area contributed by atoms with Gasteiger partial charge in [0.25, 0.3) is 0 Å². The highest BCUT2D eigenvalue weighted by molar-refractivity contribution is 7.13. The molecule has 108 valence electrons. The van der Waals surface area contributed by atoms with Crippen LogP contribution in [0, 0.1) is 20.8 Å². The van der Waals surface area contributed by atoms with Gasteiger partial charge in [-0.1, -0.05) is 18.2 Å². The van der Waals surface area contributed by atoms with E-state index >= 15 is 0 Å². The maximum Gasteiger partial charge on any atom is 0.236 e. The first-order valence-corrected chi connectivity index (χ1v) is 7.83. The third-order valence-electron chi connectivity index (χ3n) is 3.68. The largest absolute Gasteiger partial charge is 0.440 e. The summed E-state index contributed by atoms with van der Waals surface area (Å²) in [6.45, 7) is 6.89. The van der Waals surface area contributed by atoms with Crippen LogP contribution in [0.5, 0.6) is 0 Å². The molecule has 0 radical (unpaired) electrons. The number of aryl methyl sites for hydroxylation is 2. The number of benzene rings is 1. The molecule has 0 saturated carbocycles. The summed E-state index contributed by atoms with van der Waals surface area (Å²) in [6.07, 6.45) is 0. The summed E-state index contributed by atoms with van der Waals surface area (Å²) < 4.78 is 5.76. The quantitative estimate of drug-likeness (QED) is 0.741. The Labute approximate surface area is 128 Å². The van der Waals surface area contributed by atoms with Crippen LogP contribution in [0.2, 0.25) is 0 Å². The van der Waals surface area contributed by atoms with E-state index in [0.717, 1.165) is 22.0 Å². The van der Waals surface area contributed by atoms with Crippen molar-refractivity contribution in [3.8, 4) is 10.8 Å². The average molecular weight is 298 g/mol. The molecule has 0 unspecified atom stereocenters. The Balaban J connectivity index is 1.78. The number of anilines is 1. The molecule has 0 amide bonds. The van der Waals surface area contributed by atoms with Gasteiger partial charge in [0.2, 0.25) is 5.89 Å². The Morgan fingerprint density at radius 2 is 2.00 bits per heavy atom. The van der Waals surface area contributed by atoms with Crippen molar-refractivity contribution < 1.29 is 4.42 Å². The third kappa shape index (κ3) is 2.85. The number of thiophene rings is 1. The monoisotopic (exact) mass is 298 g/mol. The molecule has 0 saturated heterocycles. The van der Waals surface area contributed by atoms with E-state index in [0.29, 0.717) is 12.4 Å². The molecule has 1 N–H and O–H groups in total. The maximum atomic E-state index is 5.76. The first-order chi connectivity index (χ1) is 10.1. The third-order valence-corrected chi connectivity index (χ3v) is 4.53. The lowest BCUT2D eigenvalue weighted by atomic mass is 10.1. The molecule has 0 atom stereocenters. The zero-order chi connectivity index (χ0) is 14.8. The summed E-state index contributed by atoms with van der Waals surface area (Å²) in [5, 5.41) is 5.48. The summed E-state index contributed by atoms with van der Waals surface area (Å²) in [5.74, 6) is 1.58. The van der Waals surface area contributed by atoms with Gasteiger partial charge in [-0.2, -0.15) is 0 Å². The molecular weight excluding hydrogens is 280 g/mol. The van der Waals surface area contributed by atoms with Gasteiger partial charge in [0.05, 0.1) is 11.4 Å². The normalized spacial score (nSPS) is 10.8. The van der Waals surface area contributed by atoms with Crippen LogP contribution in [0.3, 0.4) is 0 Å². The molecule has 21 heavy (non-hydrogen) atoms. The fourth-order valence-corrected chi connectivity index (χ4v) is 2.87. The van der Waals surface area contributed by atoms with Crippen molar-refractivity contribution in [1.82, 2.24) is 4.98 Å². The second-order valence-corrected chi connectivity index (χ2v) is 6.05. The predicted molar refractivity (Wildman–Crippen MR) is 87.8 cm³/mol. The summed E-state index contributed by atoms with van der Waals surface area (Å²) in [7, 11) is 0. The lowest BCUT2D eigenvalue weighted by molar-refractivity contribution is 0.541. The first kappa shape index (κ1) is 13.9. The van der Waals surface area contributed by atoms with Crippen LogP contribution in [-0.4, -0.2) is 4.98 Å². The lowest BCUT2D eigenvalue weighted by Crippen LogP contribution is -2.03. The number of hydrogen-bond acceptors (Lipinski definition) is 4. The molecule has 0 aliphatic carbocycles. The fourth-order valence-electron chi connectivity index (χ4n) is 2.22. The van der Waals surface area contributed by atoms with Crippen LogP contribution in [0.1, 0.15) is 22.6 Å². The van der Waals surface area contributed by atoms with Crippen LogP contribution in [0.15, 0.2) is 40.1 Å². The molecule has 1 aromatic carbocycles. The van der Waals surface area contributed by atoms with Gasteiger partial charge in [0.1, 0.15) is 11.5 Å². The summed E-state index contributed by atoms with van der Waals surface area (Å²) >= 11 is 1.64. The molecule has 0 bridgehead atoms. The summed E-state index contributed by atoms with van der Waals surface area (Å²) in [6, 6.07) is 10.3. The number of rotatable bonds is 4. The Morgan fingerprint density at radius 1 is 1.14 bits per heavy atom. The minimum atomic E-state index is 0.672. The smallest absolute Gasteiger partial charge is 0.236 e. The van der Waals surface area contributed by atoms with E-state index in [-0.39, 0.29) is 0 Å². The van der Waals surface area contributed by atoms with Crippen molar-refractivity contribution in [3.63, 3.8) is 0 Å². The highest BCUT2D eigenvalue weighted by Crippen LogP contribution is 2.26. The molecule has 3 aromatic rings. The zero-order valence-corrected chi connectivity index (χ0v) is 13.3. The number of nitrogens with zero attached hydrogens (tertiary/aromatic N) is 1. The fraction of sp³-hybridized carbons (Fsp3) is 0.235. The highest BCUT2D eigenvalue weighted by Gasteiger charge is 2.12. The standard InChI is InChI=1S/C17H18N2OS/c1-11-6-4-7-14(12(11)2)18-10-15-13(3)20-17(19-15)16-8-5-9-21-16/h4-9,18H,10H2,1-3H3. The number of aromatic nitrogens is 1. The topological polar surface area (TPSA) is 38.1 Å². The van der Waals surface area contributed by atoms with Crippen LogP contribution >= 0.6 is 11.3 Å². The van der Waals surface area contributed by atoms with Crippen molar-refractivity contribution in [2.24, 2.45) is 0 Å². The molecule has 0 aliphatic rings. The van der Waals surface area contributed by atoms with Crippen LogP contribution in [0.25, 0.3) is 10.8 Å². The number of hydrogen-bond donors (Lipinski definition) is 1. The number of oxazole rings is 1. The highest BCUT2D eigenvalue weighted by atomic mass is 32.1. The lowest BCUT2D eigenvalue weighted by Gasteiger charge is -2.10. The van der Waals surface area contributed by atoms with Gasteiger partial charge in [-0.25, -0.2) is 4.98 Å². The first-order valence-electron chi connectivity index (χ1n) is 6.95. The zero-order valence-electron chi connectivity index (χ0n) is 12.4. The van der Waals surface area contributed by atoms with Gasteiger partial charge in [0, 0.05) is 5.69 Å². The second-order valence-electron chi connectivity index (χ2n) is 5.10. The van der Waals surface area contributed by atoms with Crippen molar-refractivity contribution in [2.75, 3.05) is 5.32 Å². The van der Waals surface area contributed by atoms with E-state index < -0.39 is 0 Å². The van der Waals surface area contributed by atoms with E-state index in [1.54, 1.807) is 11.3 Å². The van der Waals surface area contributed by atoms with E-state index in [1.165, 1.54) is 11.1 Å². The summed E-state index contributed by atoms with van der Waals surface area (Å²) in [5.41, 5.74) is 4.67. The number of nitrogens with one attached hydrogen (secondary N) is 1. The minimum Gasteiger partial charge on any atom is -0.440 e. The van der Waals surface area contributed by atoms with Gasteiger partial charge in [-0.05, 0) is 49.4 Å². The van der Waals surface area contributed by atoms with Crippen LogP contribution in [-0.2, 0) is 6.54 Å². The van der Waals surface area contributed by atoms with E-state index in [2.05, 4.69) is 42.3 Å². The Bertz CT molecular complexity index is 744. The molecule has 2 aromatic heterocycles. The average Bonchev–Trinajstić information content (AvgIpc) is 3.10. The maximum absolute atomic E-state index is 5.76. The summed E-state index contributed by atoms with van der Waals surface area (Å²) in [4.78, 5) is 5.67. The molecule has 3 rings (SSSR count).